The van der Waals surface area contributed by atoms with Gasteiger partial charge in [-0.15, -0.1) is 0 Å². The van der Waals surface area contributed by atoms with E-state index >= 15 is 4.39 Å². The lowest BCUT2D eigenvalue weighted by molar-refractivity contribution is -0.226. The van der Waals surface area contributed by atoms with Gasteiger partial charge < -0.3 is 33.0 Å². The van der Waals surface area contributed by atoms with Crippen LogP contribution >= 0.6 is 0 Å². The zero-order valence-corrected chi connectivity index (χ0v) is 23.7. The molecule has 1 aliphatic rings. The van der Waals surface area contributed by atoms with Gasteiger partial charge in [0.15, 0.2) is 18.9 Å². The van der Waals surface area contributed by atoms with Crippen molar-refractivity contribution in [1.82, 2.24) is 19.5 Å². The molecule has 4 atom stereocenters. The van der Waals surface area contributed by atoms with E-state index in [4.69, 9.17) is 28.4 Å². The molecule has 0 amide bonds. The quantitative estimate of drug-likeness (QED) is 0.291. The molecule has 2 aromatic rings. The van der Waals surface area contributed by atoms with E-state index in [2.05, 4.69) is 15.0 Å². The molecule has 3 heterocycles. The summed E-state index contributed by atoms with van der Waals surface area (Å²) in [7, 11) is 2.82. The minimum Gasteiger partial charge on any atom is -0.480 e. The molecule has 1 aliphatic heterocycles. The first kappa shape index (κ1) is 30.7. The number of halogens is 1. The van der Waals surface area contributed by atoms with Gasteiger partial charge in [-0.1, -0.05) is 41.5 Å². The number of carbonyl (C=O) groups excluding carboxylic acids is 3. The number of methoxy groups -OCH3 is 2. The third kappa shape index (κ3) is 6.66. The fraction of sp³-hybridized carbons (Fsp3) is 0.615. The van der Waals surface area contributed by atoms with Gasteiger partial charge >= 0.3 is 23.9 Å². The third-order valence-corrected chi connectivity index (χ3v) is 5.92. The maximum absolute atomic E-state index is 16.5. The van der Waals surface area contributed by atoms with Crippen molar-refractivity contribution in [1.29, 1.82) is 0 Å². The van der Waals surface area contributed by atoms with Crippen LogP contribution in [0.1, 0.15) is 47.8 Å². The Bertz CT molecular complexity index is 1220. The molecule has 13 nitrogen and oxygen atoms in total. The fourth-order valence-corrected chi connectivity index (χ4v) is 3.61. The molecule has 220 valence electrons. The second-order valence-corrected chi connectivity index (χ2v) is 10.1. The average Bonchev–Trinajstić information content (AvgIpc) is 3.50. The van der Waals surface area contributed by atoms with Crippen molar-refractivity contribution < 1.29 is 47.2 Å². The molecular formula is C26H35FN4O9. The molecule has 1 unspecified atom stereocenters. The van der Waals surface area contributed by atoms with Crippen LogP contribution < -0.4 is 9.47 Å². The summed E-state index contributed by atoms with van der Waals surface area (Å²) in [4.78, 5) is 50.0. The van der Waals surface area contributed by atoms with Crippen LogP contribution in [0.2, 0.25) is 0 Å². The van der Waals surface area contributed by atoms with Gasteiger partial charge in [-0.05, 0) is 0 Å². The SMILES string of the molecule is COc1ncc(-c2cn([C@@H]3O[C@](F)(COC(=O)C(C)C)C(OC(=O)C(C)C)[C@@H]3OC(=O)C(C)C)cn2)c(OC)n1. The summed E-state index contributed by atoms with van der Waals surface area (Å²) in [6.07, 6.45) is -0.367. The van der Waals surface area contributed by atoms with Crippen molar-refractivity contribution in [2.45, 2.75) is 65.8 Å². The molecule has 1 fully saturated rings. The zero-order valence-electron chi connectivity index (χ0n) is 23.7. The topological polar surface area (TPSA) is 150 Å². The minimum atomic E-state index is -2.85. The first-order chi connectivity index (χ1) is 18.8. The van der Waals surface area contributed by atoms with Crippen molar-refractivity contribution >= 4 is 17.9 Å². The van der Waals surface area contributed by atoms with Gasteiger partial charge in [-0.2, -0.15) is 4.98 Å². The van der Waals surface area contributed by atoms with Gasteiger partial charge in [0.05, 0.1) is 49.6 Å². The van der Waals surface area contributed by atoms with Crippen LogP contribution in [0.5, 0.6) is 11.9 Å². The van der Waals surface area contributed by atoms with E-state index in [0.717, 1.165) is 0 Å². The molecule has 0 spiro atoms. The number of alkyl halides is 1. The van der Waals surface area contributed by atoms with Crippen molar-refractivity contribution in [3.8, 4) is 23.1 Å². The number of hydrogen-bond donors (Lipinski definition) is 0. The molecule has 40 heavy (non-hydrogen) atoms. The van der Waals surface area contributed by atoms with E-state index < -0.39 is 66.6 Å². The molecule has 0 radical (unpaired) electrons. The van der Waals surface area contributed by atoms with Crippen LogP contribution in [-0.2, 0) is 33.3 Å². The summed E-state index contributed by atoms with van der Waals surface area (Å²) in [6.45, 7) is 8.58. The van der Waals surface area contributed by atoms with E-state index in [1.54, 1.807) is 41.5 Å². The molecule has 14 heteroatoms. The third-order valence-electron chi connectivity index (χ3n) is 5.92. The lowest BCUT2D eigenvalue weighted by Gasteiger charge is -2.28. The van der Waals surface area contributed by atoms with Crippen LogP contribution in [0.15, 0.2) is 18.7 Å². The van der Waals surface area contributed by atoms with Crippen molar-refractivity contribution in [2.24, 2.45) is 17.8 Å². The summed E-state index contributed by atoms with van der Waals surface area (Å²) >= 11 is 0. The lowest BCUT2D eigenvalue weighted by atomic mass is 10.1. The zero-order chi connectivity index (χ0) is 29.8. The Hall–Kier alpha value is -3.81. The van der Waals surface area contributed by atoms with Gasteiger partial charge in [0.25, 0.3) is 5.85 Å². The normalized spacial score (nSPS) is 22.4. The highest BCUT2D eigenvalue weighted by molar-refractivity contribution is 5.73. The Morgan fingerprint density at radius 3 is 2.17 bits per heavy atom. The molecule has 0 aliphatic carbocycles. The summed E-state index contributed by atoms with van der Waals surface area (Å²) < 4.78 is 50.2. The number of nitrogens with zero attached hydrogens (tertiary/aromatic N) is 4. The molecule has 0 N–H and O–H groups in total. The highest BCUT2D eigenvalue weighted by atomic mass is 19.2. The highest BCUT2D eigenvalue weighted by Gasteiger charge is 2.62. The van der Waals surface area contributed by atoms with Gasteiger partial charge in [-0.3, -0.25) is 14.4 Å². The number of ether oxygens (including phenoxy) is 6. The Balaban J connectivity index is 2.05. The monoisotopic (exact) mass is 566 g/mol. The van der Waals surface area contributed by atoms with Crippen LogP contribution in [0.25, 0.3) is 11.3 Å². The van der Waals surface area contributed by atoms with Gasteiger partial charge in [0.1, 0.15) is 0 Å². The average molecular weight is 567 g/mol. The largest absolute Gasteiger partial charge is 0.480 e. The maximum atomic E-state index is 16.5. The minimum absolute atomic E-state index is 0.0767. The summed E-state index contributed by atoms with van der Waals surface area (Å²) in [5.74, 6) is -6.60. The Morgan fingerprint density at radius 1 is 0.975 bits per heavy atom. The van der Waals surface area contributed by atoms with Gasteiger partial charge in [0.2, 0.25) is 12.0 Å². The van der Waals surface area contributed by atoms with Crippen LogP contribution in [0.4, 0.5) is 4.39 Å². The van der Waals surface area contributed by atoms with E-state index in [1.165, 1.54) is 37.5 Å². The summed E-state index contributed by atoms with van der Waals surface area (Å²) in [6, 6.07) is 0.0767. The predicted octanol–water partition coefficient (Wildman–Crippen LogP) is 2.89. The standard InChI is InChI=1S/C26H35FN4O9/c1-13(2)22(32)37-11-26(27)19(39-24(34)15(5)6)18(38-23(33)14(3)4)21(40-26)31-10-17(29-12-31)16-9-28-25(36-8)30-20(16)35-7/h9-10,12-15,18-19,21H,11H2,1-8H3/t18-,19?,21+,26+/m0/s1. The Morgan fingerprint density at radius 2 is 1.60 bits per heavy atom. The molecule has 0 bridgehead atoms. The molecule has 2 aromatic heterocycles. The number of imidazole rings is 1. The lowest BCUT2D eigenvalue weighted by Crippen LogP contribution is -2.48. The first-order valence-corrected chi connectivity index (χ1v) is 12.7. The molecule has 1 saturated heterocycles. The molecule has 0 saturated carbocycles. The second-order valence-electron chi connectivity index (χ2n) is 10.1. The van der Waals surface area contributed by atoms with E-state index in [9.17, 15) is 14.4 Å². The highest BCUT2D eigenvalue weighted by Crippen LogP contribution is 2.43. The van der Waals surface area contributed by atoms with Crippen LogP contribution in [0, 0.1) is 17.8 Å². The van der Waals surface area contributed by atoms with E-state index in [0.29, 0.717) is 11.3 Å². The van der Waals surface area contributed by atoms with Crippen molar-refractivity contribution in [3.63, 3.8) is 0 Å². The summed E-state index contributed by atoms with van der Waals surface area (Å²) in [5, 5.41) is 0. The smallest absolute Gasteiger partial charge is 0.319 e. The molecule has 3 rings (SSSR count). The van der Waals surface area contributed by atoms with Crippen LogP contribution in [-0.4, -0.2) is 76.3 Å². The van der Waals surface area contributed by atoms with E-state index in [-0.39, 0.29) is 11.9 Å². The number of rotatable bonds is 11. The van der Waals surface area contributed by atoms with Gasteiger partial charge in [0, 0.05) is 12.4 Å². The molecule has 0 aromatic carbocycles. The maximum Gasteiger partial charge on any atom is 0.319 e. The van der Waals surface area contributed by atoms with E-state index in [1.807, 2.05) is 0 Å². The Labute approximate surface area is 231 Å². The number of aromatic nitrogens is 4. The molecular weight excluding hydrogens is 531 g/mol. The number of hydrogen-bond acceptors (Lipinski definition) is 12. The Kier molecular flexibility index (Phi) is 9.66. The van der Waals surface area contributed by atoms with Crippen molar-refractivity contribution in [2.75, 3.05) is 20.8 Å². The van der Waals surface area contributed by atoms with Gasteiger partial charge in [-0.25, -0.2) is 14.4 Å². The van der Waals surface area contributed by atoms with Crippen molar-refractivity contribution in [3.05, 3.63) is 18.7 Å². The number of esters is 3. The number of carbonyl (C=O) groups is 3. The van der Waals surface area contributed by atoms with Crippen LogP contribution in [0.3, 0.4) is 0 Å². The fourth-order valence-electron chi connectivity index (χ4n) is 3.61. The first-order valence-electron chi connectivity index (χ1n) is 12.7. The second kappa shape index (κ2) is 12.6. The predicted molar refractivity (Wildman–Crippen MR) is 136 cm³/mol. The summed E-state index contributed by atoms with van der Waals surface area (Å²) in [5.41, 5.74) is 0.700.